The van der Waals surface area contributed by atoms with E-state index in [-0.39, 0.29) is 29.8 Å². The van der Waals surface area contributed by atoms with Crippen molar-refractivity contribution in [2.45, 2.75) is 6.42 Å². The molecule has 2 fully saturated rings. The Morgan fingerprint density at radius 1 is 1.00 bits per heavy atom. The molecule has 9 heteroatoms. The minimum absolute atomic E-state index is 0.00714. The van der Waals surface area contributed by atoms with Crippen LogP contribution in [0.25, 0.3) is 0 Å². The van der Waals surface area contributed by atoms with E-state index in [9.17, 15) is 19.7 Å². The van der Waals surface area contributed by atoms with Gasteiger partial charge in [-0.05, 0) is 36.4 Å². The van der Waals surface area contributed by atoms with E-state index in [1.54, 1.807) is 36.3 Å². The van der Waals surface area contributed by atoms with Crippen LogP contribution in [0.3, 0.4) is 0 Å². The Balaban J connectivity index is 1.34. The van der Waals surface area contributed by atoms with E-state index in [0.717, 1.165) is 11.4 Å². The predicted octanol–water partition coefficient (Wildman–Crippen LogP) is 2.31. The van der Waals surface area contributed by atoms with Crippen LogP contribution in [0, 0.1) is 16.0 Å². The number of non-ortho nitro benzene ring substituents is 1. The number of ether oxygens (including phenoxy) is 1. The molecular formula is C22H24N4O5. The molecule has 4 rings (SSSR count). The molecule has 2 aromatic rings. The topological polar surface area (TPSA) is 96.2 Å². The number of anilines is 2. The molecule has 2 aliphatic heterocycles. The van der Waals surface area contributed by atoms with E-state index < -0.39 is 4.92 Å². The fourth-order valence-electron chi connectivity index (χ4n) is 4.11. The highest BCUT2D eigenvalue weighted by Crippen LogP contribution is 2.28. The van der Waals surface area contributed by atoms with Crippen molar-refractivity contribution < 1.29 is 19.2 Å². The molecule has 0 N–H and O–H groups in total. The zero-order chi connectivity index (χ0) is 22.0. The maximum atomic E-state index is 13.0. The minimum atomic E-state index is -0.418. The van der Waals surface area contributed by atoms with Gasteiger partial charge in [-0.25, -0.2) is 0 Å². The third kappa shape index (κ3) is 4.30. The summed E-state index contributed by atoms with van der Waals surface area (Å²) in [5.74, 6) is 0.329. The quantitative estimate of drug-likeness (QED) is 0.540. The lowest BCUT2D eigenvalue weighted by molar-refractivity contribution is -0.384. The van der Waals surface area contributed by atoms with Crippen LogP contribution in [0.1, 0.15) is 6.42 Å². The van der Waals surface area contributed by atoms with Crippen molar-refractivity contribution in [1.82, 2.24) is 4.90 Å². The molecule has 0 bridgehead atoms. The van der Waals surface area contributed by atoms with E-state index in [0.29, 0.717) is 38.5 Å². The summed E-state index contributed by atoms with van der Waals surface area (Å²) in [7, 11) is 1.59. The van der Waals surface area contributed by atoms with Gasteiger partial charge in [-0.15, -0.1) is 0 Å². The number of benzene rings is 2. The van der Waals surface area contributed by atoms with Crippen LogP contribution in [0.4, 0.5) is 17.1 Å². The van der Waals surface area contributed by atoms with Gasteiger partial charge in [0.15, 0.2) is 0 Å². The van der Waals surface area contributed by atoms with Gasteiger partial charge in [0, 0.05) is 62.7 Å². The number of nitro groups is 1. The molecular weight excluding hydrogens is 400 g/mol. The first-order chi connectivity index (χ1) is 15.0. The minimum Gasteiger partial charge on any atom is -0.497 e. The molecule has 0 aromatic heterocycles. The molecule has 0 radical (unpaired) electrons. The van der Waals surface area contributed by atoms with Crippen LogP contribution in [0.15, 0.2) is 48.5 Å². The maximum Gasteiger partial charge on any atom is 0.269 e. The molecule has 0 spiro atoms. The van der Waals surface area contributed by atoms with E-state index in [1.165, 1.54) is 12.1 Å². The van der Waals surface area contributed by atoms with Crippen LogP contribution in [0.2, 0.25) is 0 Å². The Hall–Kier alpha value is -3.62. The monoisotopic (exact) mass is 424 g/mol. The second-order valence-corrected chi connectivity index (χ2v) is 7.69. The molecule has 2 saturated heterocycles. The molecule has 1 atom stereocenters. The van der Waals surface area contributed by atoms with Crippen molar-refractivity contribution in [3.63, 3.8) is 0 Å². The molecule has 2 amide bonds. The smallest absolute Gasteiger partial charge is 0.269 e. The van der Waals surface area contributed by atoms with Gasteiger partial charge in [0.1, 0.15) is 5.75 Å². The number of amides is 2. The van der Waals surface area contributed by atoms with Gasteiger partial charge in [-0.3, -0.25) is 19.7 Å². The zero-order valence-corrected chi connectivity index (χ0v) is 17.3. The van der Waals surface area contributed by atoms with Crippen molar-refractivity contribution in [3.8, 4) is 5.75 Å². The number of hydrogen-bond donors (Lipinski definition) is 0. The average molecular weight is 424 g/mol. The SMILES string of the molecule is COc1ccc(N2CC(C(=O)N3CCN(c4ccc([N+](=O)[O-])cc4)CC3)CC2=O)cc1. The fraction of sp³-hybridized carbons (Fsp3) is 0.364. The Morgan fingerprint density at radius 2 is 1.61 bits per heavy atom. The van der Waals surface area contributed by atoms with Crippen molar-refractivity contribution in [3.05, 3.63) is 58.6 Å². The van der Waals surface area contributed by atoms with Crippen molar-refractivity contribution in [2.24, 2.45) is 5.92 Å². The number of carbonyl (C=O) groups excluding carboxylic acids is 2. The van der Waals surface area contributed by atoms with E-state index >= 15 is 0 Å². The maximum absolute atomic E-state index is 13.0. The molecule has 162 valence electrons. The highest BCUT2D eigenvalue weighted by Gasteiger charge is 2.38. The number of piperazine rings is 1. The lowest BCUT2D eigenvalue weighted by Gasteiger charge is -2.37. The molecule has 2 aliphatic rings. The lowest BCUT2D eigenvalue weighted by Crippen LogP contribution is -2.50. The third-order valence-corrected chi connectivity index (χ3v) is 5.88. The first kappa shape index (κ1) is 20.6. The van der Waals surface area contributed by atoms with Crippen LogP contribution in [-0.2, 0) is 9.59 Å². The van der Waals surface area contributed by atoms with Crippen molar-refractivity contribution in [2.75, 3.05) is 49.6 Å². The number of hydrogen-bond acceptors (Lipinski definition) is 6. The summed E-state index contributed by atoms with van der Waals surface area (Å²) in [6.07, 6.45) is 0.216. The van der Waals surface area contributed by atoms with Gasteiger partial charge in [-0.1, -0.05) is 0 Å². The number of carbonyl (C=O) groups is 2. The summed E-state index contributed by atoms with van der Waals surface area (Å²) < 4.78 is 5.16. The first-order valence-corrected chi connectivity index (χ1v) is 10.2. The van der Waals surface area contributed by atoms with E-state index in [2.05, 4.69) is 4.90 Å². The van der Waals surface area contributed by atoms with Gasteiger partial charge in [-0.2, -0.15) is 0 Å². The largest absolute Gasteiger partial charge is 0.497 e. The third-order valence-electron chi connectivity index (χ3n) is 5.88. The molecule has 9 nitrogen and oxygen atoms in total. The summed E-state index contributed by atoms with van der Waals surface area (Å²) in [5, 5.41) is 10.8. The summed E-state index contributed by atoms with van der Waals surface area (Å²) >= 11 is 0. The first-order valence-electron chi connectivity index (χ1n) is 10.2. The van der Waals surface area contributed by atoms with Gasteiger partial charge in [0.2, 0.25) is 11.8 Å². The Labute approximate surface area is 179 Å². The van der Waals surface area contributed by atoms with Gasteiger partial charge in [0.25, 0.3) is 5.69 Å². The molecule has 0 aliphatic carbocycles. The van der Waals surface area contributed by atoms with Crippen molar-refractivity contribution >= 4 is 28.9 Å². The molecule has 1 unspecified atom stereocenters. The summed E-state index contributed by atoms with van der Waals surface area (Å²) in [6, 6.07) is 13.7. The number of rotatable bonds is 5. The molecule has 2 heterocycles. The van der Waals surface area contributed by atoms with E-state index in [4.69, 9.17) is 4.74 Å². The summed E-state index contributed by atoms with van der Waals surface area (Å²) in [4.78, 5) is 41.5. The fourth-order valence-corrected chi connectivity index (χ4v) is 4.11. The van der Waals surface area contributed by atoms with E-state index in [1.807, 2.05) is 17.0 Å². The lowest BCUT2D eigenvalue weighted by atomic mass is 10.1. The number of methoxy groups -OCH3 is 1. The van der Waals surface area contributed by atoms with Gasteiger partial charge < -0.3 is 19.4 Å². The Morgan fingerprint density at radius 3 is 2.19 bits per heavy atom. The number of nitro benzene ring substituents is 1. The highest BCUT2D eigenvalue weighted by atomic mass is 16.6. The normalized spacial score (nSPS) is 18.9. The van der Waals surface area contributed by atoms with Gasteiger partial charge in [0.05, 0.1) is 18.0 Å². The highest BCUT2D eigenvalue weighted by molar-refractivity contribution is 6.00. The zero-order valence-electron chi connectivity index (χ0n) is 17.3. The molecule has 2 aromatic carbocycles. The Kier molecular flexibility index (Phi) is 5.75. The van der Waals surface area contributed by atoms with Crippen LogP contribution in [-0.4, -0.2) is 61.5 Å². The van der Waals surface area contributed by atoms with Crippen molar-refractivity contribution in [1.29, 1.82) is 0 Å². The second kappa shape index (κ2) is 8.63. The predicted molar refractivity (Wildman–Crippen MR) is 115 cm³/mol. The summed E-state index contributed by atoms with van der Waals surface area (Å²) in [5.41, 5.74) is 1.73. The molecule has 31 heavy (non-hydrogen) atoms. The molecule has 0 saturated carbocycles. The Bertz CT molecular complexity index is 968. The average Bonchev–Trinajstić information content (AvgIpc) is 3.20. The second-order valence-electron chi connectivity index (χ2n) is 7.69. The van der Waals surface area contributed by atoms with Crippen LogP contribution in [0.5, 0.6) is 5.75 Å². The van der Waals surface area contributed by atoms with Crippen LogP contribution < -0.4 is 14.5 Å². The van der Waals surface area contributed by atoms with Crippen LogP contribution >= 0.6 is 0 Å². The van der Waals surface area contributed by atoms with Gasteiger partial charge >= 0.3 is 0 Å². The summed E-state index contributed by atoms with van der Waals surface area (Å²) in [6.45, 7) is 2.79. The number of nitrogens with zero attached hydrogens (tertiary/aromatic N) is 4. The standard InChI is InChI=1S/C22H24N4O5/c1-31-20-8-6-18(7-9-20)25-15-16(14-21(25)27)22(28)24-12-10-23(11-13-24)17-2-4-19(5-3-17)26(29)30/h2-9,16H,10-15H2,1H3.